The van der Waals surface area contributed by atoms with Crippen molar-refractivity contribution >= 4 is 22.1 Å². The molecule has 0 aliphatic carbocycles. The summed E-state index contributed by atoms with van der Waals surface area (Å²) in [7, 11) is 0. The topological polar surface area (TPSA) is 38.8 Å². The van der Waals surface area contributed by atoms with E-state index in [1.165, 1.54) is 0 Å². The van der Waals surface area contributed by atoms with Crippen LogP contribution in [0.5, 0.6) is 0 Å². The molecule has 1 fully saturated rings. The van der Waals surface area contributed by atoms with E-state index in [1.807, 2.05) is 0 Å². The Balaban J connectivity index is 2.43. The summed E-state index contributed by atoms with van der Waals surface area (Å²) in [5.74, 6) is -0.403. The second-order valence-corrected chi connectivity index (χ2v) is 6.89. The van der Waals surface area contributed by atoms with Crippen LogP contribution >= 0.6 is 16.1 Å². The molecule has 0 saturated carbocycles. The summed E-state index contributed by atoms with van der Waals surface area (Å²) >= 11 is 3.67. The first-order chi connectivity index (χ1) is 8.69. The van der Waals surface area contributed by atoms with Crippen molar-refractivity contribution in [1.29, 1.82) is 0 Å². The van der Waals surface area contributed by atoms with Gasteiger partial charge in [-0.1, -0.05) is 6.58 Å². The van der Waals surface area contributed by atoms with Gasteiger partial charge in [0.25, 0.3) is 0 Å². The summed E-state index contributed by atoms with van der Waals surface area (Å²) in [6, 6.07) is 0. The maximum absolute atomic E-state index is 10.9. The van der Waals surface area contributed by atoms with Gasteiger partial charge in [0.05, 0.1) is 12.7 Å². The fourth-order valence-electron chi connectivity index (χ4n) is 2.70. The van der Waals surface area contributed by atoms with Gasteiger partial charge >= 0.3 is 5.97 Å². The van der Waals surface area contributed by atoms with Gasteiger partial charge in [-0.25, -0.2) is 8.72 Å². The molecule has 0 spiro atoms. The lowest BCUT2D eigenvalue weighted by Crippen LogP contribution is -2.57. The average molecular weight is 334 g/mol. The van der Waals surface area contributed by atoms with E-state index in [0.717, 1.165) is 18.9 Å². The summed E-state index contributed by atoms with van der Waals surface area (Å²) < 4.78 is 13.0. The molecule has 0 amide bonds. The highest BCUT2D eigenvalue weighted by molar-refractivity contribution is 9.07. The number of nitrogens with zero attached hydrogens (tertiary/aromatic N) is 1. The highest BCUT2D eigenvalue weighted by Gasteiger charge is 2.44. The molecule has 1 saturated heterocycles. The van der Waals surface area contributed by atoms with E-state index in [-0.39, 0.29) is 23.8 Å². The molecular weight excluding hydrogens is 310 g/mol. The molecule has 0 radical (unpaired) electrons. The van der Waals surface area contributed by atoms with Crippen molar-refractivity contribution in [2.75, 3.05) is 13.2 Å². The van der Waals surface area contributed by atoms with Crippen LogP contribution in [0.1, 0.15) is 40.5 Å². The lowest BCUT2D eigenvalue weighted by Gasteiger charge is -2.51. The smallest absolute Gasteiger partial charge is 0.330 e. The molecule has 1 aliphatic heterocycles. The largest absolute Gasteiger partial charge is 0.460 e. The average Bonchev–Trinajstić information content (AvgIpc) is 2.30. The monoisotopic (exact) mass is 333 g/mol. The van der Waals surface area contributed by atoms with Gasteiger partial charge in [-0.05, 0) is 40.5 Å². The van der Waals surface area contributed by atoms with Gasteiger partial charge in [0.2, 0.25) is 0 Å². The molecule has 1 rings (SSSR count). The van der Waals surface area contributed by atoms with Crippen LogP contribution in [0.4, 0.5) is 0 Å². The molecule has 0 aromatic carbocycles. The fourth-order valence-corrected chi connectivity index (χ4v) is 2.99. The predicted molar refractivity (Wildman–Crippen MR) is 79.1 cm³/mol. The van der Waals surface area contributed by atoms with Gasteiger partial charge in [0, 0.05) is 33.3 Å². The Bertz CT molecular complexity index is 324. The Morgan fingerprint density at radius 1 is 1.32 bits per heavy atom. The van der Waals surface area contributed by atoms with Crippen LogP contribution in [-0.4, -0.2) is 40.3 Å². The van der Waals surface area contributed by atoms with Crippen LogP contribution < -0.4 is 0 Å². The lowest BCUT2D eigenvalue weighted by atomic mass is 9.81. The zero-order valence-corrected chi connectivity index (χ0v) is 13.8. The van der Waals surface area contributed by atoms with Crippen LogP contribution in [0.3, 0.4) is 0 Å². The lowest BCUT2D eigenvalue weighted by molar-refractivity contribution is -0.141. The van der Waals surface area contributed by atoms with E-state index < -0.39 is 5.97 Å². The van der Waals surface area contributed by atoms with Crippen molar-refractivity contribution < 1.29 is 14.3 Å². The van der Waals surface area contributed by atoms with Crippen LogP contribution in [0.15, 0.2) is 12.7 Å². The summed E-state index contributed by atoms with van der Waals surface area (Å²) in [6.45, 7) is 12.8. The standard InChI is InChI=1S/C14H24BrNO3/c1-6-12(17)19-8-7-18-11-9-13(2,3)16(15)14(4,5)10-11/h6,11H,1,7-10H2,2-5H3. The molecule has 1 heterocycles. The Morgan fingerprint density at radius 3 is 2.32 bits per heavy atom. The predicted octanol–water partition coefficient (Wildman–Crippen LogP) is 3.06. The van der Waals surface area contributed by atoms with Crippen molar-refractivity contribution in [3.05, 3.63) is 12.7 Å². The van der Waals surface area contributed by atoms with Gasteiger partial charge in [-0.15, -0.1) is 0 Å². The summed E-state index contributed by atoms with van der Waals surface area (Å²) in [4.78, 5) is 10.9. The number of esters is 1. The SMILES string of the molecule is C=CC(=O)OCCOC1CC(C)(C)N(Br)C(C)(C)C1. The zero-order valence-electron chi connectivity index (χ0n) is 12.2. The van der Waals surface area contributed by atoms with E-state index in [4.69, 9.17) is 9.47 Å². The van der Waals surface area contributed by atoms with E-state index in [9.17, 15) is 4.79 Å². The first-order valence-corrected chi connectivity index (χ1v) is 7.27. The molecule has 5 heteroatoms. The minimum absolute atomic E-state index is 0.0320. The Morgan fingerprint density at radius 2 is 1.84 bits per heavy atom. The number of carbonyl (C=O) groups is 1. The summed E-state index contributed by atoms with van der Waals surface area (Å²) in [6.07, 6.45) is 3.23. The van der Waals surface area contributed by atoms with Crippen molar-refractivity contribution in [3.63, 3.8) is 0 Å². The number of carbonyl (C=O) groups excluding carboxylic acids is 1. The molecule has 0 atom stereocenters. The van der Waals surface area contributed by atoms with E-state index in [0.29, 0.717) is 6.61 Å². The van der Waals surface area contributed by atoms with Crippen LogP contribution in [-0.2, 0) is 14.3 Å². The first-order valence-electron chi connectivity index (χ1n) is 6.56. The summed E-state index contributed by atoms with van der Waals surface area (Å²) in [5, 5.41) is 0. The van der Waals surface area contributed by atoms with Gasteiger partial charge in [0.15, 0.2) is 0 Å². The molecule has 4 nitrogen and oxygen atoms in total. The number of halogens is 1. The molecule has 110 valence electrons. The van der Waals surface area contributed by atoms with Crippen LogP contribution in [0, 0.1) is 0 Å². The van der Waals surface area contributed by atoms with Crippen molar-refractivity contribution in [2.45, 2.75) is 57.7 Å². The maximum atomic E-state index is 10.9. The highest BCUT2D eigenvalue weighted by atomic mass is 79.9. The van der Waals surface area contributed by atoms with Crippen molar-refractivity contribution in [2.24, 2.45) is 0 Å². The molecule has 0 aromatic heterocycles. The molecule has 19 heavy (non-hydrogen) atoms. The zero-order chi connectivity index (χ0) is 14.7. The van der Waals surface area contributed by atoms with Gasteiger partial charge < -0.3 is 9.47 Å². The van der Waals surface area contributed by atoms with E-state index >= 15 is 0 Å². The van der Waals surface area contributed by atoms with Gasteiger partial charge in [-0.3, -0.25) is 0 Å². The molecule has 0 N–H and O–H groups in total. The highest BCUT2D eigenvalue weighted by Crippen LogP contribution is 2.41. The molecule has 0 aromatic rings. The maximum Gasteiger partial charge on any atom is 0.330 e. The number of hydrogen-bond donors (Lipinski definition) is 0. The normalized spacial score (nSPS) is 23.0. The van der Waals surface area contributed by atoms with Crippen LogP contribution in [0.2, 0.25) is 0 Å². The first kappa shape index (κ1) is 16.7. The third-order valence-electron chi connectivity index (χ3n) is 3.37. The second-order valence-electron chi connectivity index (χ2n) is 6.18. The Kier molecular flexibility index (Phi) is 5.59. The second kappa shape index (κ2) is 6.37. The Hall–Kier alpha value is -0.390. The molecular formula is C14H24BrNO3. The minimum Gasteiger partial charge on any atom is -0.460 e. The quantitative estimate of drug-likeness (QED) is 0.335. The van der Waals surface area contributed by atoms with Gasteiger partial charge in [-0.2, -0.15) is 0 Å². The number of ether oxygens (including phenoxy) is 2. The van der Waals surface area contributed by atoms with E-state index in [2.05, 4.69) is 54.3 Å². The molecule has 1 aliphatic rings. The number of piperidine rings is 1. The minimum atomic E-state index is -0.403. The summed E-state index contributed by atoms with van der Waals surface area (Å²) in [5.41, 5.74) is 0.0639. The van der Waals surface area contributed by atoms with E-state index in [1.54, 1.807) is 0 Å². The van der Waals surface area contributed by atoms with Crippen LogP contribution in [0.25, 0.3) is 0 Å². The number of rotatable bonds is 5. The van der Waals surface area contributed by atoms with Crippen molar-refractivity contribution in [3.8, 4) is 0 Å². The van der Waals surface area contributed by atoms with Crippen molar-refractivity contribution in [1.82, 2.24) is 3.93 Å². The molecule has 0 unspecified atom stereocenters. The van der Waals surface area contributed by atoms with Gasteiger partial charge in [0.1, 0.15) is 6.61 Å². The number of hydrogen-bond acceptors (Lipinski definition) is 4. The Labute approximate surface area is 124 Å². The third-order valence-corrected chi connectivity index (χ3v) is 5.29. The third kappa shape index (κ3) is 4.58. The fraction of sp³-hybridized carbons (Fsp3) is 0.786. The molecule has 0 bridgehead atoms.